The summed E-state index contributed by atoms with van der Waals surface area (Å²) in [6.07, 6.45) is 2.47. The number of ether oxygens (including phenoxy) is 2. The first kappa shape index (κ1) is 22.5. The van der Waals surface area contributed by atoms with E-state index in [9.17, 15) is 4.79 Å². The highest BCUT2D eigenvalue weighted by Crippen LogP contribution is 2.52. The summed E-state index contributed by atoms with van der Waals surface area (Å²) in [6.45, 7) is 8.24. The minimum Gasteiger partial charge on any atom is -0.382 e. The molecule has 1 fully saturated rings. The van der Waals surface area contributed by atoms with E-state index in [1.54, 1.807) is 7.11 Å². The maximum Gasteiger partial charge on any atom is 0.220 e. The molecule has 1 spiro atoms. The quantitative estimate of drug-likeness (QED) is 0.623. The van der Waals surface area contributed by atoms with Crippen LogP contribution in [0.15, 0.2) is 36.4 Å². The van der Waals surface area contributed by atoms with Crippen LogP contribution in [0, 0.1) is 6.92 Å². The molecule has 0 bridgehead atoms. The SMILES string of the molecule is CCC(=O)N[C@@H]1c2ccccc2C2(CCN(Cc3ccc(C)s3)CC2)[C@H]1OCCOC. The highest BCUT2D eigenvalue weighted by molar-refractivity contribution is 7.11. The molecular weight excluding hydrogens is 408 g/mol. The summed E-state index contributed by atoms with van der Waals surface area (Å²) in [6, 6.07) is 13.0. The predicted octanol–water partition coefficient (Wildman–Crippen LogP) is 4.20. The Bertz CT molecular complexity index is 888. The van der Waals surface area contributed by atoms with E-state index in [-0.39, 0.29) is 23.5 Å². The molecule has 2 heterocycles. The molecule has 1 amide bonds. The van der Waals surface area contributed by atoms with E-state index in [0.29, 0.717) is 19.6 Å². The standard InChI is InChI=1S/C25H34N2O3S/c1-4-22(28)26-23-20-7-5-6-8-21(20)25(24(23)30-16-15-29-3)11-13-27(14-12-25)17-19-10-9-18(2)31-19/h5-10,23-24H,4,11-17H2,1-3H3,(H,26,28)/t23-,24+/m1/s1. The number of hydrogen-bond acceptors (Lipinski definition) is 5. The van der Waals surface area contributed by atoms with Crippen LogP contribution in [0.2, 0.25) is 0 Å². The van der Waals surface area contributed by atoms with Crippen LogP contribution in [-0.4, -0.2) is 50.3 Å². The molecular formula is C25H34N2O3S. The van der Waals surface area contributed by atoms with Crippen LogP contribution in [0.4, 0.5) is 0 Å². The Morgan fingerprint density at radius 2 is 1.97 bits per heavy atom. The maximum atomic E-state index is 12.4. The van der Waals surface area contributed by atoms with Gasteiger partial charge in [0.25, 0.3) is 0 Å². The number of piperidine rings is 1. The van der Waals surface area contributed by atoms with Crippen molar-refractivity contribution in [2.45, 2.75) is 57.2 Å². The summed E-state index contributed by atoms with van der Waals surface area (Å²) >= 11 is 1.89. The fourth-order valence-corrected chi connectivity index (χ4v) is 6.19. The third kappa shape index (κ3) is 4.58. The topological polar surface area (TPSA) is 50.8 Å². The lowest BCUT2D eigenvalue weighted by molar-refractivity contribution is -0.124. The molecule has 1 saturated heterocycles. The monoisotopic (exact) mass is 442 g/mol. The summed E-state index contributed by atoms with van der Waals surface area (Å²) in [5.74, 6) is 0.0719. The maximum absolute atomic E-state index is 12.4. The number of rotatable bonds is 8. The number of amides is 1. The molecule has 2 aromatic rings. The molecule has 0 saturated carbocycles. The van der Waals surface area contributed by atoms with Crippen LogP contribution in [0.3, 0.4) is 0 Å². The predicted molar refractivity (Wildman–Crippen MR) is 124 cm³/mol. The molecule has 168 valence electrons. The Hall–Kier alpha value is -1.73. The molecule has 1 aliphatic heterocycles. The van der Waals surface area contributed by atoms with Crippen molar-refractivity contribution in [3.05, 3.63) is 57.3 Å². The first-order chi connectivity index (χ1) is 15.1. The van der Waals surface area contributed by atoms with Gasteiger partial charge in [-0.25, -0.2) is 0 Å². The van der Waals surface area contributed by atoms with Gasteiger partial charge >= 0.3 is 0 Å². The lowest BCUT2D eigenvalue weighted by Crippen LogP contribution is -2.50. The van der Waals surface area contributed by atoms with Crippen LogP contribution < -0.4 is 5.32 Å². The van der Waals surface area contributed by atoms with Gasteiger partial charge in [-0.05, 0) is 56.1 Å². The number of methoxy groups -OCH3 is 1. The van der Waals surface area contributed by atoms with Crippen LogP contribution in [0.1, 0.15) is 53.1 Å². The van der Waals surface area contributed by atoms with E-state index in [0.717, 1.165) is 32.5 Å². The van der Waals surface area contributed by atoms with E-state index in [1.165, 1.54) is 20.9 Å². The molecule has 1 aliphatic carbocycles. The second kappa shape index (κ2) is 9.82. The summed E-state index contributed by atoms with van der Waals surface area (Å²) in [7, 11) is 1.70. The number of hydrogen-bond donors (Lipinski definition) is 1. The minimum atomic E-state index is -0.105. The van der Waals surface area contributed by atoms with Crippen molar-refractivity contribution in [2.24, 2.45) is 0 Å². The van der Waals surface area contributed by atoms with Crippen molar-refractivity contribution >= 4 is 17.2 Å². The third-order valence-electron chi connectivity index (χ3n) is 6.83. The highest BCUT2D eigenvalue weighted by atomic mass is 32.1. The second-order valence-corrected chi connectivity index (χ2v) is 10.1. The van der Waals surface area contributed by atoms with Crippen molar-refractivity contribution in [2.75, 3.05) is 33.4 Å². The molecule has 1 aromatic carbocycles. The van der Waals surface area contributed by atoms with Gasteiger partial charge in [-0.2, -0.15) is 0 Å². The molecule has 6 heteroatoms. The van der Waals surface area contributed by atoms with E-state index in [2.05, 4.69) is 53.5 Å². The van der Waals surface area contributed by atoms with Gasteiger partial charge in [0.05, 0.1) is 25.4 Å². The van der Waals surface area contributed by atoms with Crippen LogP contribution in [0.25, 0.3) is 0 Å². The summed E-state index contributed by atoms with van der Waals surface area (Å²) in [5.41, 5.74) is 2.50. The Balaban J connectivity index is 1.58. The summed E-state index contributed by atoms with van der Waals surface area (Å²) in [5, 5.41) is 3.27. The van der Waals surface area contributed by atoms with Gasteiger partial charge in [0, 0.05) is 35.2 Å². The van der Waals surface area contributed by atoms with E-state index in [4.69, 9.17) is 9.47 Å². The molecule has 2 aliphatic rings. The Labute approximate surface area is 189 Å². The Morgan fingerprint density at radius 1 is 1.19 bits per heavy atom. The van der Waals surface area contributed by atoms with Crippen molar-refractivity contribution < 1.29 is 14.3 Å². The number of nitrogens with one attached hydrogen (secondary N) is 1. The molecule has 4 rings (SSSR count). The van der Waals surface area contributed by atoms with E-state index in [1.807, 2.05) is 18.3 Å². The number of nitrogens with zero attached hydrogens (tertiary/aromatic N) is 1. The fourth-order valence-electron chi connectivity index (χ4n) is 5.25. The summed E-state index contributed by atoms with van der Waals surface area (Å²) < 4.78 is 11.7. The average Bonchev–Trinajstić information content (AvgIpc) is 3.30. The third-order valence-corrected chi connectivity index (χ3v) is 7.81. The van der Waals surface area contributed by atoms with Gasteiger partial charge in [0.15, 0.2) is 0 Å². The smallest absolute Gasteiger partial charge is 0.220 e. The molecule has 1 aromatic heterocycles. The first-order valence-electron chi connectivity index (χ1n) is 11.3. The number of aryl methyl sites for hydroxylation is 1. The largest absolute Gasteiger partial charge is 0.382 e. The number of carbonyl (C=O) groups excluding carboxylic acids is 1. The zero-order valence-corrected chi connectivity index (χ0v) is 19.7. The van der Waals surface area contributed by atoms with Gasteiger partial charge in [-0.3, -0.25) is 9.69 Å². The number of thiophene rings is 1. The zero-order chi connectivity index (χ0) is 21.8. The van der Waals surface area contributed by atoms with Crippen molar-refractivity contribution in [1.29, 1.82) is 0 Å². The number of carbonyl (C=O) groups is 1. The van der Waals surface area contributed by atoms with E-state index < -0.39 is 0 Å². The molecule has 0 radical (unpaired) electrons. The van der Waals surface area contributed by atoms with Gasteiger partial charge in [-0.15, -0.1) is 11.3 Å². The number of fused-ring (bicyclic) bond motifs is 2. The molecule has 0 unspecified atom stereocenters. The van der Waals surface area contributed by atoms with Crippen LogP contribution in [0.5, 0.6) is 0 Å². The van der Waals surface area contributed by atoms with Gasteiger partial charge in [0.1, 0.15) is 0 Å². The van der Waals surface area contributed by atoms with Gasteiger partial charge in [-0.1, -0.05) is 31.2 Å². The second-order valence-electron chi connectivity index (χ2n) is 8.71. The molecule has 31 heavy (non-hydrogen) atoms. The van der Waals surface area contributed by atoms with Crippen LogP contribution >= 0.6 is 11.3 Å². The molecule has 5 nitrogen and oxygen atoms in total. The van der Waals surface area contributed by atoms with Crippen molar-refractivity contribution in [3.63, 3.8) is 0 Å². The zero-order valence-electron chi connectivity index (χ0n) is 18.9. The Kier molecular flexibility index (Phi) is 7.12. The normalized spacial score (nSPS) is 22.5. The average molecular weight is 443 g/mol. The van der Waals surface area contributed by atoms with Crippen LogP contribution in [-0.2, 0) is 26.2 Å². The molecule has 1 N–H and O–H groups in total. The van der Waals surface area contributed by atoms with Gasteiger partial charge in [0.2, 0.25) is 5.91 Å². The first-order valence-corrected chi connectivity index (χ1v) is 12.2. The number of likely N-dealkylation sites (tertiary alicyclic amines) is 1. The Morgan fingerprint density at radius 3 is 2.65 bits per heavy atom. The number of benzene rings is 1. The minimum absolute atomic E-state index is 0.0679. The fraction of sp³-hybridized carbons (Fsp3) is 0.560. The van der Waals surface area contributed by atoms with Crippen molar-refractivity contribution in [1.82, 2.24) is 10.2 Å². The van der Waals surface area contributed by atoms with Gasteiger partial charge < -0.3 is 14.8 Å². The van der Waals surface area contributed by atoms with E-state index >= 15 is 0 Å². The molecule has 2 atom stereocenters. The van der Waals surface area contributed by atoms with Crippen molar-refractivity contribution in [3.8, 4) is 0 Å². The lowest BCUT2D eigenvalue weighted by Gasteiger charge is -2.44. The highest BCUT2D eigenvalue weighted by Gasteiger charge is 2.54. The lowest BCUT2D eigenvalue weighted by atomic mass is 9.72. The summed E-state index contributed by atoms with van der Waals surface area (Å²) in [4.78, 5) is 17.7.